The Balaban J connectivity index is 1.73. The SMILES string of the molecule is OC(CC1CC2CCC1C2)c1c(F)cccc1Cl. The van der Waals surface area contributed by atoms with Crippen LogP contribution in [0.3, 0.4) is 0 Å². The number of aliphatic hydroxyl groups is 1. The van der Waals surface area contributed by atoms with Gasteiger partial charge in [-0.15, -0.1) is 0 Å². The van der Waals surface area contributed by atoms with Crippen LogP contribution in [0.25, 0.3) is 0 Å². The van der Waals surface area contributed by atoms with E-state index in [-0.39, 0.29) is 5.56 Å². The maximum atomic E-state index is 13.7. The molecule has 2 aliphatic carbocycles. The highest BCUT2D eigenvalue weighted by Gasteiger charge is 2.40. The van der Waals surface area contributed by atoms with Gasteiger partial charge >= 0.3 is 0 Å². The van der Waals surface area contributed by atoms with Gasteiger partial charge in [0.1, 0.15) is 5.82 Å². The Bertz CT molecular complexity index is 428. The second-order valence-corrected chi connectivity index (χ2v) is 6.23. The van der Waals surface area contributed by atoms with E-state index in [2.05, 4.69) is 0 Å². The van der Waals surface area contributed by atoms with Crippen LogP contribution in [-0.2, 0) is 0 Å². The van der Waals surface area contributed by atoms with Crippen molar-refractivity contribution in [1.29, 1.82) is 0 Å². The molecule has 2 aliphatic rings. The number of hydrogen-bond donors (Lipinski definition) is 1. The largest absolute Gasteiger partial charge is 0.388 e. The smallest absolute Gasteiger partial charge is 0.130 e. The first-order valence-electron chi connectivity index (χ1n) is 6.77. The van der Waals surface area contributed by atoms with Crippen LogP contribution in [0, 0.1) is 23.6 Å². The van der Waals surface area contributed by atoms with Crippen molar-refractivity contribution in [3.8, 4) is 0 Å². The van der Waals surface area contributed by atoms with Gasteiger partial charge in [0.2, 0.25) is 0 Å². The predicted octanol–water partition coefficient (Wildman–Crippen LogP) is 4.34. The standard InChI is InChI=1S/C15H18ClFO/c16-12-2-1-3-13(17)15(12)14(18)8-11-7-9-4-5-10(11)6-9/h1-3,9-11,14,18H,4-8H2. The summed E-state index contributed by atoms with van der Waals surface area (Å²) in [6.07, 6.45) is 5.03. The van der Waals surface area contributed by atoms with Crippen molar-refractivity contribution in [2.75, 3.05) is 0 Å². The van der Waals surface area contributed by atoms with Gasteiger partial charge in [0.25, 0.3) is 0 Å². The summed E-state index contributed by atoms with van der Waals surface area (Å²) in [5, 5.41) is 10.6. The quantitative estimate of drug-likeness (QED) is 0.865. The van der Waals surface area contributed by atoms with Crippen LogP contribution in [0.5, 0.6) is 0 Å². The van der Waals surface area contributed by atoms with Crippen molar-refractivity contribution in [1.82, 2.24) is 0 Å². The summed E-state index contributed by atoms with van der Waals surface area (Å²) in [7, 11) is 0. The Hall–Kier alpha value is -0.600. The highest BCUT2D eigenvalue weighted by atomic mass is 35.5. The van der Waals surface area contributed by atoms with Gasteiger partial charge in [-0.2, -0.15) is 0 Å². The molecule has 2 fully saturated rings. The van der Waals surface area contributed by atoms with Gasteiger partial charge in [0, 0.05) is 10.6 Å². The molecule has 0 amide bonds. The van der Waals surface area contributed by atoms with E-state index in [0.717, 1.165) is 11.8 Å². The molecule has 4 atom stereocenters. The fourth-order valence-electron chi connectivity index (χ4n) is 3.90. The highest BCUT2D eigenvalue weighted by Crippen LogP contribution is 2.51. The molecule has 18 heavy (non-hydrogen) atoms. The van der Waals surface area contributed by atoms with Gasteiger partial charge in [-0.25, -0.2) is 4.39 Å². The Labute approximate surface area is 112 Å². The fraction of sp³-hybridized carbons (Fsp3) is 0.600. The number of fused-ring (bicyclic) bond motifs is 2. The molecule has 1 aromatic rings. The molecule has 0 heterocycles. The lowest BCUT2D eigenvalue weighted by atomic mass is 9.83. The zero-order chi connectivity index (χ0) is 12.7. The van der Waals surface area contributed by atoms with E-state index < -0.39 is 11.9 Å². The minimum absolute atomic E-state index is 0.280. The fourth-order valence-corrected chi connectivity index (χ4v) is 4.19. The van der Waals surface area contributed by atoms with Gasteiger partial charge in [-0.05, 0) is 55.6 Å². The maximum Gasteiger partial charge on any atom is 0.130 e. The molecule has 4 unspecified atom stereocenters. The molecule has 0 radical (unpaired) electrons. The van der Waals surface area contributed by atoms with Crippen LogP contribution >= 0.6 is 11.6 Å². The summed E-state index contributed by atoms with van der Waals surface area (Å²) in [5.74, 6) is 1.76. The molecule has 2 saturated carbocycles. The summed E-state index contributed by atoms with van der Waals surface area (Å²) >= 11 is 5.99. The summed E-state index contributed by atoms with van der Waals surface area (Å²) < 4.78 is 13.7. The Morgan fingerprint density at radius 1 is 1.33 bits per heavy atom. The van der Waals surface area contributed by atoms with Crippen LogP contribution < -0.4 is 0 Å². The molecule has 2 bridgehead atoms. The van der Waals surface area contributed by atoms with E-state index in [1.807, 2.05) is 0 Å². The summed E-state index contributed by atoms with van der Waals surface area (Å²) in [5.41, 5.74) is 0.280. The zero-order valence-electron chi connectivity index (χ0n) is 10.3. The number of rotatable bonds is 3. The van der Waals surface area contributed by atoms with Crippen LogP contribution in [0.2, 0.25) is 5.02 Å². The second kappa shape index (κ2) is 4.82. The van der Waals surface area contributed by atoms with E-state index in [1.165, 1.54) is 31.7 Å². The van der Waals surface area contributed by atoms with E-state index in [1.54, 1.807) is 12.1 Å². The molecule has 1 nitrogen and oxygen atoms in total. The van der Waals surface area contributed by atoms with Crippen LogP contribution in [-0.4, -0.2) is 5.11 Å². The molecule has 3 rings (SSSR count). The molecular formula is C15H18ClFO. The molecule has 1 N–H and O–H groups in total. The molecule has 3 heteroatoms. The average molecular weight is 269 g/mol. The van der Waals surface area contributed by atoms with Crippen molar-refractivity contribution < 1.29 is 9.50 Å². The molecule has 0 aromatic heterocycles. The van der Waals surface area contributed by atoms with E-state index in [0.29, 0.717) is 17.4 Å². The lowest BCUT2D eigenvalue weighted by molar-refractivity contribution is 0.122. The van der Waals surface area contributed by atoms with Gasteiger partial charge < -0.3 is 5.11 Å². The van der Waals surface area contributed by atoms with E-state index >= 15 is 0 Å². The number of benzene rings is 1. The van der Waals surface area contributed by atoms with Crippen molar-refractivity contribution in [2.24, 2.45) is 17.8 Å². The van der Waals surface area contributed by atoms with Crippen molar-refractivity contribution >= 4 is 11.6 Å². The lowest BCUT2D eigenvalue weighted by Crippen LogP contribution is -2.15. The van der Waals surface area contributed by atoms with Crippen molar-refractivity contribution in [2.45, 2.75) is 38.2 Å². The van der Waals surface area contributed by atoms with Gasteiger partial charge in [0.05, 0.1) is 6.10 Å². The third-order valence-corrected chi connectivity index (χ3v) is 5.07. The summed E-state index contributed by atoms with van der Waals surface area (Å²) in [6, 6.07) is 4.58. The van der Waals surface area contributed by atoms with Crippen molar-refractivity contribution in [3.05, 3.63) is 34.6 Å². The second-order valence-electron chi connectivity index (χ2n) is 5.82. The van der Waals surface area contributed by atoms with Gasteiger partial charge in [-0.1, -0.05) is 24.1 Å². The molecule has 0 spiro atoms. The maximum absolute atomic E-state index is 13.7. The van der Waals surface area contributed by atoms with E-state index in [4.69, 9.17) is 11.6 Å². The Kier molecular flexibility index (Phi) is 3.33. The first-order chi connectivity index (χ1) is 8.65. The van der Waals surface area contributed by atoms with Crippen LogP contribution in [0.15, 0.2) is 18.2 Å². The third-order valence-electron chi connectivity index (χ3n) is 4.74. The monoisotopic (exact) mass is 268 g/mol. The van der Waals surface area contributed by atoms with E-state index in [9.17, 15) is 9.50 Å². The predicted molar refractivity (Wildman–Crippen MR) is 69.9 cm³/mol. The molecule has 98 valence electrons. The Morgan fingerprint density at radius 3 is 2.78 bits per heavy atom. The molecule has 0 saturated heterocycles. The first-order valence-corrected chi connectivity index (χ1v) is 7.15. The number of aliphatic hydroxyl groups excluding tert-OH is 1. The molecule has 0 aliphatic heterocycles. The normalized spacial score (nSPS) is 31.8. The topological polar surface area (TPSA) is 20.2 Å². The third kappa shape index (κ3) is 2.17. The first kappa shape index (κ1) is 12.4. The zero-order valence-corrected chi connectivity index (χ0v) is 11.0. The molecule has 1 aromatic carbocycles. The molecular weight excluding hydrogens is 251 g/mol. The average Bonchev–Trinajstić information content (AvgIpc) is 2.90. The minimum atomic E-state index is -0.761. The lowest BCUT2D eigenvalue weighted by Gasteiger charge is -2.24. The number of halogens is 2. The van der Waals surface area contributed by atoms with Gasteiger partial charge in [0.15, 0.2) is 0 Å². The van der Waals surface area contributed by atoms with Crippen molar-refractivity contribution in [3.63, 3.8) is 0 Å². The van der Waals surface area contributed by atoms with Gasteiger partial charge in [-0.3, -0.25) is 0 Å². The van der Waals surface area contributed by atoms with Crippen LogP contribution in [0.1, 0.15) is 43.8 Å². The highest BCUT2D eigenvalue weighted by molar-refractivity contribution is 6.31. The summed E-state index contributed by atoms with van der Waals surface area (Å²) in [6.45, 7) is 0. The Morgan fingerprint density at radius 2 is 2.17 bits per heavy atom. The summed E-state index contributed by atoms with van der Waals surface area (Å²) in [4.78, 5) is 0. The van der Waals surface area contributed by atoms with Crippen LogP contribution in [0.4, 0.5) is 4.39 Å². The number of hydrogen-bond acceptors (Lipinski definition) is 1. The minimum Gasteiger partial charge on any atom is -0.388 e.